The molecule has 34 heavy (non-hydrogen) atoms. The number of halogens is 2. The number of imidazole rings is 1. The van der Waals surface area contributed by atoms with Gasteiger partial charge in [0.1, 0.15) is 22.4 Å². The lowest BCUT2D eigenvalue weighted by molar-refractivity contribution is 0.178. The van der Waals surface area contributed by atoms with Gasteiger partial charge in [0, 0.05) is 31.9 Å². The van der Waals surface area contributed by atoms with Crippen molar-refractivity contribution in [3.05, 3.63) is 36.3 Å². The first-order valence-electron chi connectivity index (χ1n) is 10.8. The van der Waals surface area contributed by atoms with Gasteiger partial charge in [-0.15, -0.1) is 0 Å². The molecule has 3 aromatic rings. The molecule has 184 valence electrons. The van der Waals surface area contributed by atoms with Crippen molar-refractivity contribution in [3.8, 4) is 17.0 Å². The minimum atomic E-state index is -3.90. The van der Waals surface area contributed by atoms with Crippen LogP contribution in [0, 0.1) is 11.8 Å². The number of β-amino-alcohol motifs (C(OH)–C–C–N with tert-alkyl or cyclic N) is 1. The van der Waals surface area contributed by atoms with Crippen LogP contribution in [0.1, 0.15) is 27.2 Å². The Labute approximate surface area is 196 Å². The molecule has 0 saturated carbocycles. The van der Waals surface area contributed by atoms with E-state index >= 15 is 0 Å². The van der Waals surface area contributed by atoms with Gasteiger partial charge < -0.3 is 15.6 Å². The average molecular weight is 496 g/mol. The van der Waals surface area contributed by atoms with Crippen LogP contribution >= 0.6 is 0 Å². The Kier molecular flexibility index (Phi) is 6.25. The lowest BCUT2D eigenvalue weighted by Crippen LogP contribution is -2.30. The highest BCUT2D eigenvalue weighted by atomic mass is 32.2. The zero-order chi connectivity index (χ0) is 24.8. The van der Waals surface area contributed by atoms with Gasteiger partial charge in [-0.3, -0.25) is 9.30 Å². The standard InChI is InChI=1S/C22H27F2N5O4S/c1-22(2,3)34(31,32)18-12-29-16(14-8-15(23)21(25)27-20(14)24)10-26-19(29)9-17(18)33-13-4-5-28(11-13)6-7-30/h8-10,12-13,30H,4-7,11H2,1-3H3,(H2,25,27). The SMILES string of the molecule is CC(C)(C)S(=O)(=O)c1cn2c(-c3cc(F)c(N)nc3F)cnc2cc1OC1CCN(CCO)C1. The number of hydrogen-bond donors (Lipinski definition) is 2. The van der Waals surface area contributed by atoms with Crippen LogP contribution in [0.25, 0.3) is 16.9 Å². The Morgan fingerprint density at radius 2 is 2.03 bits per heavy atom. The fourth-order valence-corrected chi connectivity index (χ4v) is 5.16. The number of pyridine rings is 2. The summed E-state index contributed by atoms with van der Waals surface area (Å²) >= 11 is 0. The van der Waals surface area contributed by atoms with Crippen molar-refractivity contribution in [3.63, 3.8) is 0 Å². The molecule has 0 spiro atoms. The van der Waals surface area contributed by atoms with Crippen LogP contribution in [0.15, 0.2) is 29.4 Å². The van der Waals surface area contributed by atoms with Gasteiger partial charge in [0.05, 0.1) is 28.8 Å². The smallest absolute Gasteiger partial charge is 0.224 e. The number of ether oxygens (including phenoxy) is 1. The zero-order valence-corrected chi connectivity index (χ0v) is 19.9. The first-order valence-corrected chi connectivity index (χ1v) is 12.3. The predicted octanol–water partition coefficient (Wildman–Crippen LogP) is 2.27. The fraction of sp³-hybridized carbons (Fsp3) is 0.455. The normalized spacial score (nSPS) is 17.5. The van der Waals surface area contributed by atoms with Crippen LogP contribution in [0.3, 0.4) is 0 Å². The van der Waals surface area contributed by atoms with Gasteiger partial charge in [0.25, 0.3) is 0 Å². The van der Waals surface area contributed by atoms with Gasteiger partial charge in [0.15, 0.2) is 21.5 Å². The second-order valence-corrected chi connectivity index (χ2v) is 11.9. The summed E-state index contributed by atoms with van der Waals surface area (Å²) in [6, 6.07) is 2.38. The van der Waals surface area contributed by atoms with E-state index in [1.54, 1.807) is 20.8 Å². The third-order valence-corrected chi connectivity index (χ3v) is 8.34. The van der Waals surface area contributed by atoms with Gasteiger partial charge in [0.2, 0.25) is 5.95 Å². The second-order valence-electron chi connectivity index (χ2n) is 9.24. The molecule has 0 aliphatic carbocycles. The van der Waals surface area contributed by atoms with Gasteiger partial charge >= 0.3 is 0 Å². The molecule has 0 radical (unpaired) electrons. The van der Waals surface area contributed by atoms with E-state index in [2.05, 4.69) is 9.97 Å². The molecule has 3 N–H and O–H groups in total. The molecule has 0 aromatic carbocycles. The summed E-state index contributed by atoms with van der Waals surface area (Å²) < 4.78 is 61.9. The number of rotatable bonds is 6. The van der Waals surface area contributed by atoms with Crippen molar-refractivity contribution >= 4 is 21.3 Å². The maximum Gasteiger partial charge on any atom is 0.224 e. The van der Waals surface area contributed by atoms with Crippen LogP contribution in [0.4, 0.5) is 14.6 Å². The number of likely N-dealkylation sites (tertiary alicyclic amines) is 1. The average Bonchev–Trinajstić information content (AvgIpc) is 3.36. The fourth-order valence-electron chi connectivity index (χ4n) is 3.89. The summed E-state index contributed by atoms with van der Waals surface area (Å²) in [6.45, 7) is 6.51. The quantitative estimate of drug-likeness (QED) is 0.500. The molecule has 1 aliphatic heterocycles. The number of nitrogens with two attached hydrogens (primary N) is 1. The zero-order valence-electron chi connectivity index (χ0n) is 19.1. The molecule has 9 nitrogen and oxygen atoms in total. The highest BCUT2D eigenvalue weighted by Gasteiger charge is 2.36. The van der Waals surface area contributed by atoms with Crippen molar-refractivity contribution in [1.29, 1.82) is 0 Å². The van der Waals surface area contributed by atoms with E-state index in [-0.39, 0.29) is 34.6 Å². The number of sulfone groups is 1. The lowest BCUT2D eigenvalue weighted by Gasteiger charge is -2.23. The number of anilines is 1. The van der Waals surface area contributed by atoms with Crippen LogP contribution in [-0.2, 0) is 9.84 Å². The largest absolute Gasteiger partial charge is 0.487 e. The van der Waals surface area contributed by atoms with E-state index in [1.807, 2.05) is 4.90 Å². The lowest BCUT2D eigenvalue weighted by atomic mass is 10.2. The van der Waals surface area contributed by atoms with E-state index in [0.717, 1.165) is 12.6 Å². The maximum absolute atomic E-state index is 14.5. The molecule has 1 aliphatic rings. The molecule has 1 unspecified atom stereocenters. The summed E-state index contributed by atoms with van der Waals surface area (Å²) in [6.07, 6.45) is 3.02. The molecule has 12 heteroatoms. The monoisotopic (exact) mass is 495 g/mol. The van der Waals surface area contributed by atoms with Gasteiger partial charge in [-0.25, -0.2) is 17.8 Å². The molecule has 4 heterocycles. The Morgan fingerprint density at radius 1 is 1.29 bits per heavy atom. The van der Waals surface area contributed by atoms with Gasteiger partial charge in [-0.05, 0) is 33.3 Å². The van der Waals surface area contributed by atoms with Crippen LogP contribution < -0.4 is 10.5 Å². The van der Waals surface area contributed by atoms with Gasteiger partial charge in [-0.2, -0.15) is 9.37 Å². The third-order valence-electron chi connectivity index (χ3n) is 5.84. The molecule has 3 aromatic heterocycles. The summed E-state index contributed by atoms with van der Waals surface area (Å²) in [5, 5.41) is 9.18. The van der Waals surface area contributed by atoms with Crippen LogP contribution in [0.2, 0.25) is 0 Å². The van der Waals surface area contributed by atoms with E-state index in [4.69, 9.17) is 10.5 Å². The molecule has 4 rings (SSSR count). The number of fused-ring (bicyclic) bond motifs is 1. The van der Waals surface area contributed by atoms with Crippen molar-refractivity contribution < 1.29 is 27.0 Å². The molecule has 0 amide bonds. The summed E-state index contributed by atoms with van der Waals surface area (Å²) in [7, 11) is -3.90. The van der Waals surface area contributed by atoms with Crippen molar-refractivity contribution in [1.82, 2.24) is 19.3 Å². The summed E-state index contributed by atoms with van der Waals surface area (Å²) in [4.78, 5) is 9.58. The highest BCUT2D eigenvalue weighted by Crippen LogP contribution is 2.36. The Balaban J connectivity index is 1.85. The topological polar surface area (TPSA) is 123 Å². The highest BCUT2D eigenvalue weighted by molar-refractivity contribution is 7.92. The number of hydrogen-bond acceptors (Lipinski definition) is 8. The second kappa shape index (κ2) is 8.75. The first kappa shape index (κ1) is 24.3. The first-order chi connectivity index (χ1) is 15.9. The van der Waals surface area contributed by atoms with Gasteiger partial charge in [-0.1, -0.05) is 0 Å². The molecule has 1 atom stereocenters. The molecular weight excluding hydrogens is 468 g/mol. The van der Waals surface area contributed by atoms with Crippen molar-refractivity contribution in [2.24, 2.45) is 0 Å². The Morgan fingerprint density at radius 3 is 2.71 bits per heavy atom. The molecule has 0 bridgehead atoms. The minimum absolute atomic E-state index is 0.0241. The van der Waals surface area contributed by atoms with Crippen LogP contribution in [0.5, 0.6) is 5.75 Å². The molecule has 1 saturated heterocycles. The van der Waals surface area contributed by atoms with E-state index in [9.17, 15) is 22.3 Å². The summed E-state index contributed by atoms with van der Waals surface area (Å²) in [5.74, 6) is -2.34. The number of aliphatic hydroxyl groups excluding tert-OH is 1. The van der Waals surface area contributed by atoms with Crippen LogP contribution in [-0.4, -0.2) is 69.9 Å². The van der Waals surface area contributed by atoms with E-state index in [0.29, 0.717) is 25.2 Å². The number of aromatic nitrogens is 3. The van der Waals surface area contributed by atoms with E-state index < -0.39 is 32.2 Å². The Hall–Kier alpha value is -2.83. The van der Waals surface area contributed by atoms with E-state index in [1.165, 1.54) is 22.9 Å². The number of aliphatic hydroxyl groups is 1. The van der Waals surface area contributed by atoms with Crippen molar-refractivity contribution in [2.75, 3.05) is 32.0 Å². The van der Waals surface area contributed by atoms with Crippen molar-refractivity contribution in [2.45, 2.75) is 42.9 Å². The summed E-state index contributed by atoms with van der Waals surface area (Å²) in [5.41, 5.74) is 5.55. The number of nitrogen functional groups attached to an aromatic ring is 1. The number of nitrogens with zero attached hydrogens (tertiary/aromatic N) is 4. The minimum Gasteiger partial charge on any atom is -0.487 e. The predicted molar refractivity (Wildman–Crippen MR) is 122 cm³/mol. The Bertz CT molecular complexity index is 1340. The third kappa shape index (κ3) is 4.32. The molecular formula is C22H27F2N5O4S. The maximum atomic E-state index is 14.5. The molecule has 1 fully saturated rings.